The lowest BCUT2D eigenvalue weighted by atomic mass is 9.93. The second-order valence-corrected chi connectivity index (χ2v) is 11.3. The van der Waals surface area contributed by atoms with Gasteiger partial charge in [-0.15, -0.1) is 0 Å². The molecule has 0 spiro atoms. The Balaban J connectivity index is 1.07. The number of hydroxylamine groups is 2. The van der Waals surface area contributed by atoms with Crippen LogP contribution in [-0.2, 0) is 34.1 Å². The van der Waals surface area contributed by atoms with E-state index >= 15 is 0 Å². The van der Waals surface area contributed by atoms with Crippen LogP contribution in [0, 0.1) is 5.82 Å². The minimum atomic E-state index is -0.530. The number of rotatable bonds is 12. The summed E-state index contributed by atoms with van der Waals surface area (Å²) in [6.45, 7) is 4.38. The van der Waals surface area contributed by atoms with Crippen molar-refractivity contribution in [1.82, 2.24) is 24.5 Å². The Hall–Kier alpha value is -4.39. The summed E-state index contributed by atoms with van der Waals surface area (Å²) in [5.74, 6) is 1.19. The van der Waals surface area contributed by atoms with Gasteiger partial charge in [0.15, 0.2) is 0 Å². The van der Waals surface area contributed by atoms with E-state index in [1.54, 1.807) is 18.2 Å². The van der Waals surface area contributed by atoms with Gasteiger partial charge in [-0.3, -0.25) is 19.3 Å². The zero-order chi connectivity index (χ0) is 31.3. The highest BCUT2D eigenvalue weighted by atomic mass is 19.1. The predicted molar refractivity (Wildman–Crippen MR) is 162 cm³/mol. The van der Waals surface area contributed by atoms with Crippen molar-refractivity contribution in [2.75, 3.05) is 33.9 Å². The molecular formula is C33H36FN5O6. The van der Waals surface area contributed by atoms with Gasteiger partial charge in [0, 0.05) is 48.5 Å². The van der Waals surface area contributed by atoms with Crippen LogP contribution in [0.25, 0.3) is 11.0 Å². The predicted octanol–water partition coefficient (Wildman–Crippen LogP) is 4.49. The number of pyridine rings is 1. The highest BCUT2D eigenvalue weighted by Gasteiger charge is 2.26. The third-order valence-corrected chi connectivity index (χ3v) is 8.51. The van der Waals surface area contributed by atoms with Gasteiger partial charge in [0.1, 0.15) is 24.0 Å². The topological polar surface area (TPSA) is 108 Å². The third-order valence-electron chi connectivity index (χ3n) is 8.51. The zero-order valence-corrected chi connectivity index (χ0v) is 25.4. The van der Waals surface area contributed by atoms with Crippen molar-refractivity contribution in [2.24, 2.45) is 0 Å². The summed E-state index contributed by atoms with van der Waals surface area (Å²) in [6.07, 6.45) is 3.03. The molecule has 0 aliphatic carbocycles. The molecular weight excluding hydrogens is 581 g/mol. The molecule has 0 unspecified atom stereocenters. The second-order valence-electron chi connectivity index (χ2n) is 11.3. The normalized spacial score (nSPS) is 17.2. The van der Waals surface area contributed by atoms with E-state index in [1.165, 1.54) is 26.3 Å². The summed E-state index contributed by atoms with van der Waals surface area (Å²) in [5, 5.41) is 1.04. The number of piperidine rings is 1. The van der Waals surface area contributed by atoms with E-state index in [4.69, 9.17) is 29.0 Å². The third kappa shape index (κ3) is 6.98. The molecule has 2 fully saturated rings. The summed E-state index contributed by atoms with van der Waals surface area (Å²) in [7, 11) is 2.84. The first-order valence-electron chi connectivity index (χ1n) is 15.1. The molecule has 45 heavy (non-hydrogen) atoms. The number of benzene rings is 2. The molecule has 236 valence electrons. The summed E-state index contributed by atoms with van der Waals surface area (Å²) in [6, 6.07) is 15.5. The molecule has 2 aromatic carbocycles. The Morgan fingerprint density at radius 3 is 2.64 bits per heavy atom. The first-order chi connectivity index (χ1) is 21.9. The SMILES string of the molecule is CON(C)C(=O)c1ccc(COc2cccc(C3CCN(Cc4nc5ccc(OC=O)cc5n4C[C@@H]4CCO4)CC3)n2)c(F)c1. The maximum absolute atomic E-state index is 14.7. The summed E-state index contributed by atoms with van der Waals surface area (Å²) >= 11 is 0. The van der Waals surface area contributed by atoms with E-state index in [2.05, 4.69) is 9.47 Å². The Labute approximate surface area is 260 Å². The zero-order valence-electron chi connectivity index (χ0n) is 25.4. The molecule has 1 amide bonds. The van der Waals surface area contributed by atoms with Gasteiger partial charge in [0.25, 0.3) is 12.4 Å². The van der Waals surface area contributed by atoms with Gasteiger partial charge < -0.3 is 18.8 Å². The van der Waals surface area contributed by atoms with Crippen LogP contribution in [0.1, 0.15) is 52.6 Å². The van der Waals surface area contributed by atoms with Crippen LogP contribution < -0.4 is 9.47 Å². The van der Waals surface area contributed by atoms with Gasteiger partial charge in [0.05, 0.1) is 37.3 Å². The Morgan fingerprint density at radius 2 is 1.93 bits per heavy atom. The lowest BCUT2D eigenvalue weighted by molar-refractivity contribution is -0.120. The number of imidazole rings is 1. The molecule has 2 aliphatic heterocycles. The second kappa shape index (κ2) is 13.7. The molecule has 4 heterocycles. The number of hydrogen-bond acceptors (Lipinski definition) is 9. The summed E-state index contributed by atoms with van der Waals surface area (Å²) in [5.41, 5.74) is 3.26. The Kier molecular flexibility index (Phi) is 9.34. The molecule has 0 bridgehead atoms. The van der Waals surface area contributed by atoms with Crippen LogP contribution in [0.3, 0.4) is 0 Å². The molecule has 2 saturated heterocycles. The maximum Gasteiger partial charge on any atom is 0.298 e. The molecule has 2 aliphatic rings. The molecule has 0 N–H and O–H groups in total. The summed E-state index contributed by atoms with van der Waals surface area (Å²) in [4.78, 5) is 40.1. The van der Waals surface area contributed by atoms with E-state index in [9.17, 15) is 14.0 Å². The van der Waals surface area contributed by atoms with E-state index in [1.807, 2.05) is 24.3 Å². The molecule has 6 rings (SSSR count). The minimum absolute atomic E-state index is 0.00895. The first-order valence-corrected chi connectivity index (χ1v) is 15.1. The van der Waals surface area contributed by atoms with E-state index in [-0.39, 0.29) is 24.2 Å². The van der Waals surface area contributed by atoms with Crippen molar-refractivity contribution in [3.05, 3.63) is 83.1 Å². The number of ether oxygens (including phenoxy) is 3. The van der Waals surface area contributed by atoms with E-state index in [0.717, 1.165) is 66.6 Å². The van der Waals surface area contributed by atoms with Gasteiger partial charge in [-0.2, -0.15) is 0 Å². The fourth-order valence-electron chi connectivity index (χ4n) is 5.78. The smallest absolute Gasteiger partial charge is 0.298 e. The number of carbonyl (C=O) groups excluding carboxylic acids is 2. The Bertz CT molecular complexity index is 1670. The van der Waals surface area contributed by atoms with Crippen molar-refractivity contribution in [3.8, 4) is 11.6 Å². The monoisotopic (exact) mass is 617 g/mol. The number of likely N-dealkylation sites (tertiary alicyclic amines) is 1. The van der Waals surface area contributed by atoms with Crippen LogP contribution in [0.2, 0.25) is 0 Å². The Morgan fingerprint density at radius 1 is 1.11 bits per heavy atom. The van der Waals surface area contributed by atoms with Gasteiger partial charge in [-0.25, -0.2) is 19.4 Å². The molecule has 0 saturated carbocycles. The van der Waals surface area contributed by atoms with E-state index in [0.29, 0.717) is 36.8 Å². The number of amides is 1. The highest BCUT2D eigenvalue weighted by Crippen LogP contribution is 2.30. The van der Waals surface area contributed by atoms with Gasteiger partial charge in [-0.05, 0) is 62.7 Å². The van der Waals surface area contributed by atoms with Crippen LogP contribution in [0.15, 0.2) is 54.6 Å². The molecule has 0 radical (unpaired) electrons. The number of nitrogens with zero attached hydrogens (tertiary/aromatic N) is 5. The van der Waals surface area contributed by atoms with Gasteiger partial charge in [0.2, 0.25) is 5.88 Å². The fourth-order valence-corrected chi connectivity index (χ4v) is 5.78. The van der Waals surface area contributed by atoms with Crippen molar-refractivity contribution < 1.29 is 33.0 Å². The van der Waals surface area contributed by atoms with Gasteiger partial charge in [-0.1, -0.05) is 12.1 Å². The van der Waals surface area contributed by atoms with Crippen molar-refractivity contribution >= 4 is 23.4 Å². The largest absolute Gasteiger partial charge is 0.473 e. The average Bonchev–Trinajstić information content (AvgIpc) is 3.37. The van der Waals surface area contributed by atoms with Crippen molar-refractivity contribution in [2.45, 2.75) is 51.0 Å². The molecule has 11 nitrogen and oxygen atoms in total. The van der Waals surface area contributed by atoms with Crippen molar-refractivity contribution in [1.29, 1.82) is 0 Å². The quantitative estimate of drug-likeness (QED) is 0.168. The van der Waals surface area contributed by atoms with Crippen LogP contribution >= 0.6 is 0 Å². The summed E-state index contributed by atoms with van der Waals surface area (Å²) < 4.78 is 33.6. The number of hydrogen-bond donors (Lipinski definition) is 0. The molecule has 1 atom stereocenters. The molecule has 12 heteroatoms. The number of aromatic nitrogens is 3. The highest BCUT2D eigenvalue weighted by molar-refractivity contribution is 5.93. The lowest BCUT2D eigenvalue weighted by Crippen LogP contribution is -2.35. The van der Waals surface area contributed by atoms with Crippen LogP contribution in [-0.4, -0.2) is 76.8 Å². The van der Waals surface area contributed by atoms with Crippen molar-refractivity contribution in [3.63, 3.8) is 0 Å². The van der Waals surface area contributed by atoms with Crippen LogP contribution in [0.4, 0.5) is 4.39 Å². The minimum Gasteiger partial charge on any atom is -0.473 e. The molecule has 2 aromatic heterocycles. The molecule has 4 aromatic rings. The number of halogens is 1. The van der Waals surface area contributed by atoms with Gasteiger partial charge >= 0.3 is 0 Å². The fraction of sp³-hybridized carbons (Fsp3) is 0.394. The average molecular weight is 618 g/mol. The number of carbonyl (C=O) groups is 2. The lowest BCUT2D eigenvalue weighted by Gasteiger charge is -2.32. The maximum atomic E-state index is 14.7. The number of fused-ring (bicyclic) bond motifs is 1. The van der Waals surface area contributed by atoms with Crippen LogP contribution in [0.5, 0.6) is 11.6 Å². The first kappa shape index (κ1) is 30.6. The van der Waals surface area contributed by atoms with E-state index < -0.39 is 11.7 Å². The standard InChI is InChI=1S/C33H36FN5O6/c1-37(42-2)33(41)23-6-7-24(27(34)16-23)20-44-32-5-3-4-28(36-32)22-10-13-38(14-11-22)19-31-35-29-9-8-25(45-21-40)17-30(29)39(31)18-26-12-15-43-26/h3-9,16-17,21-22,26H,10-15,18-20H2,1-2H3/t26-/m0/s1.